The molecule has 2 rings (SSSR count). The molecule has 0 saturated carbocycles. The summed E-state index contributed by atoms with van der Waals surface area (Å²) < 4.78 is 0. The first-order chi connectivity index (χ1) is 9.31. The SMILES string of the molecule is CCNC(NC(C)c1ccccc1)c1ccccc1. The van der Waals surface area contributed by atoms with Gasteiger partial charge in [-0.25, -0.2) is 0 Å². The summed E-state index contributed by atoms with van der Waals surface area (Å²) in [4.78, 5) is 0. The first kappa shape index (κ1) is 13.8. The zero-order valence-electron chi connectivity index (χ0n) is 11.6. The summed E-state index contributed by atoms with van der Waals surface area (Å²) in [6.45, 7) is 5.27. The van der Waals surface area contributed by atoms with E-state index >= 15 is 0 Å². The number of hydrogen-bond donors (Lipinski definition) is 2. The highest BCUT2D eigenvalue weighted by Gasteiger charge is 2.13. The minimum absolute atomic E-state index is 0.182. The number of benzene rings is 2. The molecule has 0 saturated heterocycles. The van der Waals surface area contributed by atoms with Crippen molar-refractivity contribution in [3.63, 3.8) is 0 Å². The van der Waals surface area contributed by atoms with Gasteiger partial charge in [-0.1, -0.05) is 67.6 Å². The van der Waals surface area contributed by atoms with Gasteiger partial charge in [0.1, 0.15) is 0 Å². The van der Waals surface area contributed by atoms with Gasteiger partial charge in [-0.15, -0.1) is 0 Å². The lowest BCUT2D eigenvalue weighted by molar-refractivity contribution is 0.404. The van der Waals surface area contributed by atoms with Crippen LogP contribution in [0.25, 0.3) is 0 Å². The molecular formula is C17H22N2. The third kappa shape index (κ3) is 3.91. The Morgan fingerprint density at radius 2 is 1.37 bits per heavy atom. The summed E-state index contributed by atoms with van der Waals surface area (Å²) in [5.41, 5.74) is 2.58. The number of rotatable bonds is 6. The molecule has 2 aromatic carbocycles. The van der Waals surface area contributed by atoms with Crippen LogP contribution in [0, 0.1) is 0 Å². The maximum absolute atomic E-state index is 3.64. The molecule has 0 radical (unpaired) electrons. The van der Waals surface area contributed by atoms with Crippen LogP contribution in [0.15, 0.2) is 60.7 Å². The van der Waals surface area contributed by atoms with E-state index in [4.69, 9.17) is 0 Å². The van der Waals surface area contributed by atoms with Crippen LogP contribution in [-0.4, -0.2) is 6.54 Å². The average molecular weight is 254 g/mol. The van der Waals surface area contributed by atoms with Crippen LogP contribution in [0.2, 0.25) is 0 Å². The summed E-state index contributed by atoms with van der Waals surface area (Å²) in [6, 6.07) is 21.3. The van der Waals surface area contributed by atoms with E-state index in [0.717, 1.165) is 6.54 Å². The van der Waals surface area contributed by atoms with E-state index in [9.17, 15) is 0 Å². The molecule has 0 amide bonds. The molecule has 0 heterocycles. The van der Waals surface area contributed by atoms with E-state index in [0.29, 0.717) is 6.04 Å². The monoisotopic (exact) mass is 254 g/mol. The van der Waals surface area contributed by atoms with Crippen LogP contribution in [-0.2, 0) is 0 Å². The second kappa shape index (κ2) is 7.07. The Morgan fingerprint density at radius 1 is 0.842 bits per heavy atom. The number of nitrogens with one attached hydrogen (secondary N) is 2. The summed E-state index contributed by atoms with van der Waals surface area (Å²) >= 11 is 0. The van der Waals surface area contributed by atoms with Gasteiger partial charge in [0.15, 0.2) is 0 Å². The van der Waals surface area contributed by atoms with Crippen molar-refractivity contribution in [2.24, 2.45) is 0 Å². The predicted octanol–water partition coefficient (Wildman–Crippen LogP) is 3.65. The molecule has 0 aliphatic rings. The molecular weight excluding hydrogens is 232 g/mol. The lowest BCUT2D eigenvalue weighted by Crippen LogP contribution is -2.35. The standard InChI is InChI=1S/C17H22N2/c1-3-18-17(16-12-8-5-9-13-16)19-14(2)15-10-6-4-7-11-15/h4-14,17-19H,3H2,1-2H3. The molecule has 2 atom stereocenters. The lowest BCUT2D eigenvalue weighted by atomic mass is 10.1. The van der Waals surface area contributed by atoms with Crippen molar-refractivity contribution in [1.29, 1.82) is 0 Å². The van der Waals surface area contributed by atoms with E-state index in [1.54, 1.807) is 0 Å². The van der Waals surface area contributed by atoms with Crippen molar-refractivity contribution in [2.45, 2.75) is 26.1 Å². The van der Waals surface area contributed by atoms with Crippen LogP contribution in [0.4, 0.5) is 0 Å². The molecule has 0 aliphatic carbocycles. The Bertz CT molecular complexity index is 467. The fourth-order valence-corrected chi connectivity index (χ4v) is 2.21. The molecule has 19 heavy (non-hydrogen) atoms. The van der Waals surface area contributed by atoms with Gasteiger partial charge in [0.2, 0.25) is 0 Å². The van der Waals surface area contributed by atoms with E-state index in [1.165, 1.54) is 11.1 Å². The molecule has 100 valence electrons. The molecule has 0 fully saturated rings. The van der Waals surface area contributed by atoms with Gasteiger partial charge in [0, 0.05) is 6.04 Å². The summed E-state index contributed by atoms with van der Waals surface area (Å²) in [6.07, 6.45) is 0.182. The maximum Gasteiger partial charge on any atom is 0.0840 e. The van der Waals surface area contributed by atoms with Crippen molar-refractivity contribution in [3.8, 4) is 0 Å². The van der Waals surface area contributed by atoms with Crippen molar-refractivity contribution < 1.29 is 0 Å². The van der Waals surface area contributed by atoms with Crippen molar-refractivity contribution >= 4 is 0 Å². The van der Waals surface area contributed by atoms with Crippen molar-refractivity contribution in [1.82, 2.24) is 10.6 Å². The third-order valence-corrected chi connectivity index (χ3v) is 3.26. The van der Waals surface area contributed by atoms with Crippen LogP contribution < -0.4 is 10.6 Å². The van der Waals surface area contributed by atoms with Gasteiger partial charge < -0.3 is 0 Å². The zero-order valence-corrected chi connectivity index (χ0v) is 11.6. The first-order valence-electron chi connectivity index (χ1n) is 6.90. The van der Waals surface area contributed by atoms with Crippen LogP contribution in [0.5, 0.6) is 0 Å². The molecule has 0 spiro atoms. The lowest BCUT2D eigenvalue weighted by Gasteiger charge is -2.24. The molecule has 2 aromatic rings. The van der Waals surface area contributed by atoms with E-state index in [1.807, 2.05) is 6.07 Å². The van der Waals surface area contributed by atoms with Crippen molar-refractivity contribution in [3.05, 3.63) is 71.8 Å². The fourth-order valence-electron chi connectivity index (χ4n) is 2.21. The highest BCUT2D eigenvalue weighted by Crippen LogP contribution is 2.17. The Labute approximate surface area is 115 Å². The van der Waals surface area contributed by atoms with Gasteiger partial charge in [-0.2, -0.15) is 0 Å². The Hall–Kier alpha value is -1.64. The molecule has 0 bridgehead atoms. The Morgan fingerprint density at radius 3 is 1.89 bits per heavy atom. The fraction of sp³-hybridized carbons (Fsp3) is 0.294. The summed E-state index contributed by atoms with van der Waals surface area (Å²) in [5, 5.41) is 7.13. The van der Waals surface area contributed by atoms with Crippen molar-refractivity contribution in [2.75, 3.05) is 6.54 Å². The molecule has 2 N–H and O–H groups in total. The Balaban J connectivity index is 2.09. The largest absolute Gasteiger partial charge is 0.298 e. The van der Waals surface area contributed by atoms with E-state index < -0.39 is 0 Å². The quantitative estimate of drug-likeness (QED) is 0.769. The highest BCUT2D eigenvalue weighted by atomic mass is 15.1. The zero-order chi connectivity index (χ0) is 13.5. The minimum Gasteiger partial charge on any atom is -0.298 e. The molecule has 2 unspecified atom stereocenters. The van der Waals surface area contributed by atoms with Gasteiger partial charge in [-0.3, -0.25) is 10.6 Å². The first-order valence-corrected chi connectivity index (χ1v) is 6.90. The Kier molecular flexibility index (Phi) is 5.13. The van der Waals surface area contributed by atoms with Gasteiger partial charge >= 0.3 is 0 Å². The predicted molar refractivity (Wildman–Crippen MR) is 80.9 cm³/mol. The van der Waals surface area contributed by atoms with Crippen LogP contribution in [0.3, 0.4) is 0 Å². The maximum atomic E-state index is 3.64. The summed E-state index contributed by atoms with van der Waals surface area (Å²) in [7, 11) is 0. The van der Waals surface area contributed by atoms with E-state index in [-0.39, 0.29) is 6.17 Å². The summed E-state index contributed by atoms with van der Waals surface area (Å²) in [5.74, 6) is 0. The van der Waals surface area contributed by atoms with E-state index in [2.05, 4.69) is 79.1 Å². The van der Waals surface area contributed by atoms with Gasteiger partial charge in [-0.05, 0) is 24.6 Å². The van der Waals surface area contributed by atoms with Gasteiger partial charge in [0.25, 0.3) is 0 Å². The minimum atomic E-state index is 0.182. The topological polar surface area (TPSA) is 24.1 Å². The molecule has 0 aromatic heterocycles. The van der Waals surface area contributed by atoms with Crippen LogP contribution in [0.1, 0.15) is 37.2 Å². The van der Waals surface area contributed by atoms with Gasteiger partial charge in [0.05, 0.1) is 6.17 Å². The molecule has 0 aliphatic heterocycles. The smallest absolute Gasteiger partial charge is 0.0840 e. The normalized spacial score (nSPS) is 14.0. The molecule has 2 nitrogen and oxygen atoms in total. The highest BCUT2D eigenvalue weighted by molar-refractivity contribution is 5.21. The second-order valence-electron chi connectivity index (χ2n) is 4.70. The second-order valence-corrected chi connectivity index (χ2v) is 4.70. The van der Waals surface area contributed by atoms with Crippen LogP contribution >= 0.6 is 0 Å². The molecule has 2 heteroatoms. The third-order valence-electron chi connectivity index (χ3n) is 3.26. The number of hydrogen-bond acceptors (Lipinski definition) is 2. The average Bonchev–Trinajstić information content (AvgIpc) is 2.48.